The Morgan fingerprint density at radius 3 is 3.00 bits per heavy atom. The van der Waals surface area contributed by atoms with Crippen LogP contribution in [0.2, 0.25) is 5.02 Å². The molecule has 0 amide bonds. The van der Waals surface area contributed by atoms with Crippen LogP contribution in [0.1, 0.15) is 30.6 Å². The van der Waals surface area contributed by atoms with Crippen LogP contribution < -0.4 is 5.32 Å². The number of carboxylic acids is 1. The first-order valence-corrected chi connectivity index (χ1v) is 7.22. The first kappa shape index (κ1) is 15.1. The van der Waals surface area contributed by atoms with Gasteiger partial charge >= 0.3 is 5.97 Å². The van der Waals surface area contributed by atoms with Crippen molar-refractivity contribution >= 4 is 23.4 Å². The van der Waals surface area contributed by atoms with Gasteiger partial charge in [0.05, 0.1) is 10.6 Å². The average Bonchev–Trinajstić information content (AvgIpc) is 2.86. The highest BCUT2D eigenvalue weighted by atomic mass is 35.5. The Hall–Kier alpha value is -1.33. The normalized spacial score (nSPS) is 19.5. The smallest absolute Gasteiger partial charge is 0.337 e. The second-order valence-electron chi connectivity index (χ2n) is 5.48. The van der Waals surface area contributed by atoms with E-state index in [-0.39, 0.29) is 10.6 Å². The molecule has 2 rings (SSSR count). The summed E-state index contributed by atoms with van der Waals surface area (Å²) in [6.45, 7) is 7.41. The highest BCUT2D eigenvalue weighted by Crippen LogP contribution is 2.21. The van der Waals surface area contributed by atoms with Crippen LogP contribution in [0.5, 0.6) is 0 Å². The molecule has 6 heteroatoms. The fraction of sp³-hybridized carbons (Fsp3) is 0.571. The van der Waals surface area contributed by atoms with E-state index in [1.807, 2.05) is 0 Å². The Balaban J connectivity index is 1.92. The molecular weight excluding hydrogens is 278 g/mol. The minimum atomic E-state index is -1.03. The lowest BCUT2D eigenvalue weighted by Crippen LogP contribution is -2.29. The molecule has 1 atom stereocenters. The summed E-state index contributed by atoms with van der Waals surface area (Å²) in [6, 6.07) is 2.06. The van der Waals surface area contributed by atoms with Crippen molar-refractivity contribution in [3.63, 3.8) is 0 Å². The maximum Gasteiger partial charge on any atom is 0.337 e. The minimum Gasteiger partial charge on any atom is -0.478 e. The minimum absolute atomic E-state index is 0.0828. The van der Waals surface area contributed by atoms with Gasteiger partial charge in [0.2, 0.25) is 0 Å². The van der Waals surface area contributed by atoms with E-state index in [4.69, 9.17) is 16.7 Å². The largest absolute Gasteiger partial charge is 0.478 e. The van der Waals surface area contributed by atoms with Gasteiger partial charge in [0.1, 0.15) is 5.82 Å². The van der Waals surface area contributed by atoms with E-state index in [0.717, 1.165) is 26.1 Å². The van der Waals surface area contributed by atoms with Crippen molar-refractivity contribution in [2.24, 2.45) is 5.92 Å². The average molecular weight is 298 g/mol. The molecule has 20 heavy (non-hydrogen) atoms. The van der Waals surface area contributed by atoms with Crippen LogP contribution in [0.3, 0.4) is 0 Å². The van der Waals surface area contributed by atoms with Crippen molar-refractivity contribution in [2.45, 2.75) is 26.3 Å². The number of rotatable bonds is 5. The van der Waals surface area contributed by atoms with Gasteiger partial charge in [-0.1, -0.05) is 11.6 Å². The van der Waals surface area contributed by atoms with Crippen LogP contribution in [0.15, 0.2) is 12.3 Å². The molecule has 1 saturated heterocycles. The van der Waals surface area contributed by atoms with Crippen molar-refractivity contribution in [1.82, 2.24) is 9.88 Å². The molecule has 1 aliphatic rings. The van der Waals surface area contributed by atoms with E-state index in [1.54, 1.807) is 0 Å². The molecule has 1 aromatic heterocycles. The molecule has 2 heterocycles. The van der Waals surface area contributed by atoms with E-state index in [9.17, 15) is 4.79 Å². The number of aromatic carboxylic acids is 1. The van der Waals surface area contributed by atoms with Crippen LogP contribution in [-0.4, -0.2) is 46.6 Å². The predicted molar refractivity (Wildman–Crippen MR) is 79.5 cm³/mol. The number of anilines is 1. The number of hydrogen-bond donors (Lipinski definition) is 2. The molecule has 1 unspecified atom stereocenters. The molecule has 5 nitrogen and oxygen atoms in total. The van der Waals surface area contributed by atoms with Crippen molar-refractivity contribution in [1.29, 1.82) is 0 Å². The number of nitrogens with zero attached hydrogens (tertiary/aromatic N) is 2. The SMILES string of the molecule is CC(C)N1CCC(CNc2cc(C(=O)O)c(Cl)cn2)C1. The standard InChI is InChI=1S/C14H20ClN3O2/c1-9(2)18-4-3-10(8-18)6-16-13-5-11(14(19)20)12(15)7-17-13/h5,7,9-10H,3-4,6,8H2,1-2H3,(H,16,17)(H,19,20). The van der Waals surface area contributed by atoms with Gasteiger partial charge in [0.25, 0.3) is 0 Å². The number of nitrogens with one attached hydrogen (secondary N) is 1. The molecule has 2 N–H and O–H groups in total. The number of hydrogen-bond acceptors (Lipinski definition) is 4. The molecule has 0 saturated carbocycles. The third kappa shape index (κ3) is 3.61. The number of carboxylic acid groups (broad SMARTS) is 1. The van der Waals surface area contributed by atoms with Gasteiger partial charge in [-0.2, -0.15) is 0 Å². The summed E-state index contributed by atoms with van der Waals surface area (Å²) >= 11 is 5.79. The first-order valence-electron chi connectivity index (χ1n) is 6.84. The maximum atomic E-state index is 11.0. The Morgan fingerprint density at radius 2 is 2.40 bits per heavy atom. The molecule has 0 spiro atoms. The molecule has 1 fully saturated rings. The molecule has 0 bridgehead atoms. The van der Waals surface area contributed by atoms with E-state index >= 15 is 0 Å². The summed E-state index contributed by atoms with van der Waals surface area (Å²) in [5, 5.41) is 12.4. The molecular formula is C14H20ClN3O2. The number of carbonyl (C=O) groups is 1. The highest BCUT2D eigenvalue weighted by molar-refractivity contribution is 6.33. The Bertz CT molecular complexity index is 493. The summed E-state index contributed by atoms with van der Waals surface area (Å²) in [6.07, 6.45) is 2.53. The van der Waals surface area contributed by atoms with E-state index in [1.165, 1.54) is 12.3 Å². The summed E-state index contributed by atoms with van der Waals surface area (Å²) in [7, 11) is 0. The Labute approximate surface area is 123 Å². The monoisotopic (exact) mass is 297 g/mol. The van der Waals surface area contributed by atoms with E-state index < -0.39 is 5.97 Å². The van der Waals surface area contributed by atoms with Gasteiger partial charge in [-0.3, -0.25) is 0 Å². The molecule has 0 aromatic carbocycles. The van der Waals surface area contributed by atoms with Crippen molar-refractivity contribution in [3.05, 3.63) is 22.8 Å². The summed E-state index contributed by atoms with van der Waals surface area (Å²) < 4.78 is 0. The van der Waals surface area contributed by atoms with Crippen molar-refractivity contribution in [2.75, 3.05) is 25.0 Å². The molecule has 110 valence electrons. The fourth-order valence-electron chi connectivity index (χ4n) is 2.45. The lowest BCUT2D eigenvalue weighted by molar-refractivity contribution is 0.0697. The third-order valence-electron chi connectivity index (χ3n) is 3.71. The van der Waals surface area contributed by atoms with Crippen LogP contribution >= 0.6 is 11.6 Å². The second-order valence-corrected chi connectivity index (χ2v) is 5.89. The van der Waals surface area contributed by atoms with E-state index in [0.29, 0.717) is 17.8 Å². The lowest BCUT2D eigenvalue weighted by atomic mass is 10.1. The summed E-state index contributed by atoms with van der Waals surface area (Å²) in [5.74, 6) is 0.102. The Morgan fingerprint density at radius 1 is 1.65 bits per heavy atom. The number of halogens is 1. The molecule has 0 radical (unpaired) electrons. The number of pyridine rings is 1. The number of likely N-dealkylation sites (tertiary alicyclic amines) is 1. The predicted octanol–water partition coefficient (Wildman–Crippen LogP) is 2.58. The maximum absolute atomic E-state index is 11.0. The third-order valence-corrected chi connectivity index (χ3v) is 4.01. The van der Waals surface area contributed by atoms with Gasteiger partial charge in [0, 0.05) is 25.3 Å². The number of aromatic nitrogens is 1. The van der Waals surface area contributed by atoms with Crippen molar-refractivity contribution in [3.8, 4) is 0 Å². The van der Waals surface area contributed by atoms with Crippen molar-refractivity contribution < 1.29 is 9.90 Å². The van der Waals surface area contributed by atoms with Gasteiger partial charge in [0.15, 0.2) is 0 Å². The van der Waals surface area contributed by atoms with Crippen LogP contribution in [-0.2, 0) is 0 Å². The van der Waals surface area contributed by atoms with Crippen LogP contribution in [0, 0.1) is 5.92 Å². The zero-order valence-corrected chi connectivity index (χ0v) is 12.5. The Kier molecular flexibility index (Phi) is 4.83. The summed E-state index contributed by atoms with van der Waals surface area (Å²) in [4.78, 5) is 17.6. The topological polar surface area (TPSA) is 65.5 Å². The quantitative estimate of drug-likeness (QED) is 0.874. The zero-order valence-electron chi connectivity index (χ0n) is 11.8. The second kappa shape index (κ2) is 6.41. The highest BCUT2D eigenvalue weighted by Gasteiger charge is 2.24. The van der Waals surface area contributed by atoms with Gasteiger partial charge in [-0.05, 0) is 38.8 Å². The van der Waals surface area contributed by atoms with Crippen LogP contribution in [0.25, 0.3) is 0 Å². The van der Waals surface area contributed by atoms with Gasteiger partial charge < -0.3 is 15.3 Å². The summed E-state index contributed by atoms with van der Waals surface area (Å²) in [5.41, 5.74) is 0.0828. The van der Waals surface area contributed by atoms with Crippen LogP contribution in [0.4, 0.5) is 5.82 Å². The molecule has 1 aromatic rings. The zero-order chi connectivity index (χ0) is 14.7. The molecule has 0 aliphatic carbocycles. The fourth-order valence-corrected chi connectivity index (χ4v) is 2.63. The first-order chi connectivity index (χ1) is 9.47. The van der Waals surface area contributed by atoms with E-state index in [2.05, 4.69) is 29.0 Å². The molecule has 1 aliphatic heterocycles. The van der Waals surface area contributed by atoms with Gasteiger partial charge in [-0.15, -0.1) is 0 Å². The lowest BCUT2D eigenvalue weighted by Gasteiger charge is -2.20. The van der Waals surface area contributed by atoms with Gasteiger partial charge in [-0.25, -0.2) is 9.78 Å².